The molecule has 25 heavy (non-hydrogen) atoms. The van der Waals surface area contributed by atoms with Crippen LogP contribution in [0.2, 0.25) is 0 Å². The van der Waals surface area contributed by atoms with Gasteiger partial charge in [-0.05, 0) is 31.1 Å². The van der Waals surface area contributed by atoms with Gasteiger partial charge < -0.3 is 19.5 Å². The fraction of sp³-hybridized carbons (Fsp3) is 0.611. The number of aryl methyl sites for hydroxylation is 1. The number of fused-ring (bicyclic) bond motifs is 2. The van der Waals surface area contributed by atoms with E-state index >= 15 is 0 Å². The molecule has 2 aromatic rings. The molecule has 1 N–H and O–H groups in total. The van der Waals surface area contributed by atoms with E-state index in [9.17, 15) is 4.79 Å². The smallest absolute Gasteiger partial charge is 0.303 e. The fourth-order valence-corrected chi connectivity index (χ4v) is 4.63. The van der Waals surface area contributed by atoms with Crippen LogP contribution in [-0.4, -0.2) is 51.3 Å². The van der Waals surface area contributed by atoms with Crippen LogP contribution in [0.15, 0.2) is 12.4 Å². The molecule has 0 spiro atoms. The minimum Gasteiger partial charge on any atom is -0.481 e. The summed E-state index contributed by atoms with van der Waals surface area (Å²) in [6.07, 6.45) is 3.37. The van der Waals surface area contributed by atoms with Crippen LogP contribution in [0, 0.1) is 17.8 Å². The number of aromatic nitrogens is 3. The van der Waals surface area contributed by atoms with Gasteiger partial charge in [0.05, 0.1) is 11.8 Å². The van der Waals surface area contributed by atoms with E-state index in [1.54, 1.807) is 0 Å². The van der Waals surface area contributed by atoms with Crippen LogP contribution >= 0.6 is 0 Å². The molecule has 2 aromatic heterocycles. The SMILES string of the molecule is C[C@H]1CCN1c1nc(N2C[C@@H]3C(CC(=O)O)[C@@H]3C2)cc2c1ncn2C. The van der Waals surface area contributed by atoms with Crippen LogP contribution in [0.4, 0.5) is 11.6 Å². The van der Waals surface area contributed by atoms with Gasteiger partial charge in [-0.3, -0.25) is 4.79 Å². The maximum atomic E-state index is 10.9. The largest absolute Gasteiger partial charge is 0.481 e. The molecule has 7 heteroatoms. The summed E-state index contributed by atoms with van der Waals surface area (Å²) in [7, 11) is 2.02. The summed E-state index contributed by atoms with van der Waals surface area (Å²) in [5, 5.41) is 9.00. The van der Waals surface area contributed by atoms with Crippen LogP contribution in [0.25, 0.3) is 11.0 Å². The Labute approximate surface area is 146 Å². The van der Waals surface area contributed by atoms with E-state index < -0.39 is 5.97 Å². The fourth-order valence-electron chi connectivity index (χ4n) is 4.63. The van der Waals surface area contributed by atoms with Gasteiger partial charge >= 0.3 is 5.97 Å². The quantitative estimate of drug-likeness (QED) is 0.913. The van der Waals surface area contributed by atoms with Crippen LogP contribution < -0.4 is 9.80 Å². The predicted octanol–water partition coefficient (Wildman–Crippen LogP) is 1.72. The molecule has 0 radical (unpaired) electrons. The van der Waals surface area contributed by atoms with Gasteiger partial charge in [0, 0.05) is 45.2 Å². The molecule has 1 unspecified atom stereocenters. The van der Waals surface area contributed by atoms with Gasteiger partial charge in [-0.1, -0.05) is 0 Å². The summed E-state index contributed by atoms with van der Waals surface area (Å²) in [4.78, 5) is 25.1. The van der Waals surface area contributed by atoms with Gasteiger partial charge in [0.15, 0.2) is 5.82 Å². The number of carboxylic acids is 1. The molecule has 0 aromatic carbocycles. The van der Waals surface area contributed by atoms with Gasteiger partial charge in [-0.25, -0.2) is 9.97 Å². The summed E-state index contributed by atoms with van der Waals surface area (Å²) < 4.78 is 2.05. The van der Waals surface area contributed by atoms with Crippen molar-refractivity contribution >= 4 is 28.6 Å². The number of rotatable bonds is 4. The van der Waals surface area contributed by atoms with E-state index in [-0.39, 0.29) is 0 Å². The third-order valence-electron chi connectivity index (χ3n) is 6.38. The molecular weight excluding hydrogens is 318 g/mol. The molecular formula is C18H23N5O2. The average molecular weight is 341 g/mol. The van der Waals surface area contributed by atoms with Crippen molar-refractivity contribution < 1.29 is 9.90 Å². The zero-order chi connectivity index (χ0) is 17.3. The van der Waals surface area contributed by atoms with Crippen molar-refractivity contribution in [3.05, 3.63) is 12.4 Å². The van der Waals surface area contributed by atoms with E-state index in [0.29, 0.717) is 30.2 Å². The van der Waals surface area contributed by atoms with E-state index in [1.165, 1.54) is 6.42 Å². The van der Waals surface area contributed by atoms with Crippen molar-refractivity contribution in [2.75, 3.05) is 29.4 Å². The molecule has 0 bridgehead atoms. The first-order valence-electron chi connectivity index (χ1n) is 9.08. The highest BCUT2D eigenvalue weighted by molar-refractivity contribution is 5.89. The third kappa shape index (κ3) is 2.21. The number of pyridine rings is 1. The molecule has 2 aliphatic heterocycles. The van der Waals surface area contributed by atoms with E-state index in [1.807, 2.05) is 13.4 Å². The lowest BCUT2D eigenvalue weighted by atomic mass is 10.1. The number of hydrogen-bond acceptors (Lipinski definition) is 5. The number of carboxylic acid groups (broad SMARTS) is 1. The summed E-state index contributed by atoms with van der Waals surface area (Å²) in [6, 6.07) is 2.65. The number of piperidine rings is 1. The Morgan fingerprint density at radius 1 is 1.36 bits per heavy atom. The number of aliphatic carboxylic acids is 1. The van der Waals surface area contributed by atoms with Crippen molar-refractivity contribution in [2.45, 2.75) is 25.8 Å². The first-order chi connectivity index (χ1) is 12.0. The second kappa shape index (κ2) is 5.09. The standard InChI is InChI=1S/C18H23N5O2/c1-10-3-4-23(10)18-17-14(21(2)9-19-17)6-15(20-18)22-7-12-11(5-16(24)25)13(12)8-22/h6,9-13H,3-5,7-8H2,1-2H3,(H,24,25)/t10-,11?,12-,13+/m0/s1. The minimum atomic E-state index is -0.672. The summed E-state index contributed by atoms with van der Waals surface area (Å²) >= 11 is 0. The Hall–Kier alpha value is -2.31. The molecule has 1 saturated carbocycles. The lowest BCUT2D eigenvalue weighted by Crippen LogP contribution is -2.46. The number of hydrogen-bond donors (Lipinski definition) is 1. The highest BCUT2D eigenvalue weighted by atomic mass is 16.4. The molecule has 0 amide bonds. The average Bonchev–Trinajstić information content (AvgIpc) is 2.92. The Kier molecular flexibility index (Phi) is 3.05. The summed E-state index contributed by atoms with van der Waals surface area (Å²) in [6.45, 7) is 5.12. The first kappa shape index (κ1) is 15.0. The molecule has 3 fully saturated rings. The third-order valence-corrected chi connectivity index (χ3v) is 6.38. The number of carbonyl (C=O) groups is 1. The van der Waals surface area contributed by atoms with Crippen molar-refractivity contribution in [3.8, 4) is 0 Å². The van der Waals surface area contributed by atoms with Crippen LogP contribution in [-0.2, 0) is 11.8 Å². The van der Waals surface area contributed by atoms with E-state index in [0.717, 1.165) is 42.3 Å². The van der Waals surface area contributed by atoms with Crippen LogP contribution in [0.5, 0.6) is 0 Å². The summed E-state index contributed by atoms with van der Waals surface area (Å²) in [5.74, 6) is 2.73. The molecule has 7 nitrogen and oxygen atoms in total. The lowest BCUT2D eigenvalue weighted by Gasteiger charge is -2.40. The lowest BCUT2D eigenvalue weighted by molar-refractivity contribution is -0.137. The number of nitrogens with zero attached hydrogens (tertiary/aromatic N) is 5. The minimum absolute atomic E-state index is 0.313. The summed E-state index contributed by atoms with van der Waals surface area (Å²) in [5.41, 5.74) is 2.09. The zero-order valence-corrected chi connectivity index (χ0v) is 14.6. The van der Waals surface area contributed by atoms with Crippen molar-refractivity contribution in [3.63, 3.8) is 0 Å². The normalized spacial score (nSPS) is 30.5. The van der Waals surface area contributed by atoms with Crippen molar-refractivity contribution in [1.29, 1.82) is 0 Å². The maximum absolute atomic E-state index is 10.9. The topological polar surface area (TPSA) is 74.5 Å². The van der Waals surface area contributed by atoms with Gasteiger partial charge in [0.25, 0.3) is 0 Å². The first-order valence-corrected chi connectivity index (χ1v) is 9.08. The van der Waals surface area contributed by atoms with E-state index in [4.69, 9.17) is 10.1 Å². The number of imidazole rings is 1. The van der Waals surface area contributed by atoms with Crippen molar-refractivity contribution in [2.24, 2.45) is 24.8 Å². The molecule has 4 heterocycles. The zero-order valence-electron chi connectivity index (χ0n) is 14.6. The molecule has 5 rings (SSSR count). The Morgan fingerprint density at radius 3 is 2.72 bits per heavy atom. The van der Waals surface area contributed by atoms with Crippen LogP contribution in [0.3, 0.4) is 0 Å². The molecule has 1 aliphatic carbocycles. The van der Waals surface area contributed by atoms with Crippen LogP contribution in [0.1, 0.15) is 19.8 Å². The molecule has 4 atom stereocenters. The number of anilines is 2. The Bertz CT molecular complexity index is 851. The second-order valence-corrected chi connectivity index (χ2v) is 7.85. The van der Waals surface area contributed by atoms with E-state index in [2.05, 4.69) is 32.3 Å². The molecule has 132 valence electrons. The van der Waals surface area contributed by atoms with Gasteiger partial charge in [-0.15, -0.1) is 0 Å². The van der Waals surface area contributed by atoms with Crippen molar-refractivity contribution in [1.82, 2.24) is 14.5 Å². The molecule has 3 aliphatic rings. The molecule has 2 saturated heterocycles. The highest BCUT2D eigenvalue weighted by Crippen LogP contribution is 2.54. The monoisotopic (exact) mass is 341 g/mol. The Balaban J connectivity index is 1.45. The Morgan fingerprint density at radius 2 is 2.12 bits per heavy atom. The second-order valence-electron chi connectivity index (χ2n) is 7.85. The maximum Gasteiger partial charge on any atom is 0.303 e. The van der Waals surface area contributed by atoms with Gasteiger partial charge in [0.1, 0.15) is 11.3 Å². The predicted molar refractivity (Wildman–Crippen MR) is 94.9 cm³/mol. The van der Waals surface area contributed by atoms with Gasteiger partial charge in [-0.2, -0.15) is 0 Å². The highest BCUT2D eigenvalue weighted by Gasteiger charge is 2.56. The van der Waals surface area contributed by atoms with Gasteiger partial charge in [0.2, 0.25) is 0 Å².